The van der Waals surface area contributed by atoms with Crippen LogP contribution in [0.4, 0.5) is 0 Å². The quantitative estimate of drug-likeness (QED) is 0.114. The van der Waals surface area contributed by atoms with Crippen molar-refractivity contribution in [2.45, 2.75) is 0 Å². The van der Waals surface area contributed by atoms with E-state index in [1.807, 2.05) is 73.1 Å². The van der Waals surface area contributed by atoms with Gasteiger partial charge in [0, 0.05) is 24.2 Å². The van der Waals surface area contributed by atoms with Crippen molar-refractivity contribution >= 4 is 0 Å². The normalized spacial score (nSPS) is 10.9. The van der Waals surface area contributed by atoms with Gasteiger partial charge in [-0.2, -0.15) is 0 Å². The van der Waals surface area contributed by atoms with Crippen molar-refractivity contribution in [1.82, 2.24) is 15.0 Å². The number of nitrogens with zero attached hydrogens (tertiary/aromatic N) is 3. The number of aromatic nitrogens is 3. The van der Waals surface area contributed by atoms with E-state index in [1.54, 1.807) is 0 Å². The van der Waals surface area contributed by atoms with Gasteiger partial charge in [0.1, 0.15) is 0 Å². The van der Waals surface area contributed by atoms with Crippen molar-refractivity contribution in [3.8, 4) is 134 Å². The van der Waals surface area contributed by atoms with Crippen LogP contribution in [0.5, 0.6) is 0 Å². The molecule has 0 unspecified atom stereocenters. The van der Waals surface area contributed by atoms with Gasteiger partial charge >= 0.3 is 20.1 Å². The van der Waals surface area contributed by atoms with Crippen LogP contribution < -0.4 is 0 Å². The van der Waals surface area contributed by atoms with Crippen LogP contribution in [-0.4, -0.2) is 15.0 Å². The first-order valence-corrected chi connectivity index (χ1v) is 26.2. The fourth-order valence-electron chi connectivity index (χ4n) is 10.5. The molecule has 0 aliphatic rings. The fourth-order valence-corrected chi connectivity index (χ4v) is 10.5. The van der Waals surface area contributed by atoms with Crippen LogP contribution in [0.1, 0.15) is 0 Å². The standard InChI is InChI=1S/C75H48N3.Ir/c1-5-20-52(21-6-1)54-36-38-55(39-37-54)71-48-75(59-29-19-28-58(44-59)53-22-7-2-8-23-53)78-51-72(71)70-35-18-17-34-69(70)64-46-62(67-32-15-13-30-65(67)60-40-42-73(76-49-60)56-24-9-3-10-25-56)45-63(47-64)68-33-16-14-31-66(68)61-41-43-74(77-50-61)57-26-11-4-12-27-57;/h1-24,26,28,30-51H;/q-3;+3. The maximum absolute atomic E-state index is 5.27. The maximum Gasteiger partial charge on any atom is 3.00 e. The van der Waals surface area contributed by atoms with Gasteiger partial charge in [0.2, 0.25) is 0 Å². The van der Waals surface area contributed by atoms with Crippen LogP contribution >= 0.6 is 0 Å². The Kier molecular flexibility index (Phi) is 14.5. The Hall–Kier alpha value is -9.70. The predicted molar refractivity (Wildman–Crippen MR) is 322 cm³/mol. The molecule has 0 spiro atoms. The third kappa shape index (κ3) is 10.6. The second kappa shape index (κ2) is 22.9. The van der Waals surface area contributed by atoms with E-state index < -0.39 is 0 Å². The molecule has 0 saturated heterocycles. The summed E-state index contributed by atoms with van der Waals surface area (Å²) in [5.74, 6) is 0. The monoisotopic (exact) mass is 1180 g/mol. The third-order valence-corrected chi connectivity index (χ3v) is 14.4. The molecule has 0 bridgehead atoms. The molecule has 0 saturated carbocycles. The zero-order valence-electron chi connectivity index (χ0n) is 42.9. The van der Waals surface area contributed by atoms with E-state index >= 15 is 0 Å². The van der Waals surface area contributed by atoms with E-state index in [9.17, 15) is 0 Å². The largest absolute Gasteiger partial charge is 3.00 e. The van der Waals surface area contributed by atoms with E-state index in [2.05, 4.69) is 237 Å². The molecular weight excluding hydrogens is 1140 g/mol. The van der Waals surface area contributed by atoms with Gasteiger partial charge in [-0.15, -0.1) is 107 Å². The molecule has 79 heavy (non-hydrogen) atoms. The summed E-state index contributed by atoms with van der Waals surface area (Å²) in [6.07, 6.45) is 6.02. The van der Waals surface area contributed by atoms with Crippen molar-refractivity contribution in [2.24, 2.45) is 0 Å². The second-order valence-electron chi connectivity index (χ2n) is 19.3. The summed E-state index contributed by atoms with van der Waals surface area (Å²) in [5, 5.41) is 0. The average molecular weight is 1180 g/mol. The van der Waals surface area contributed by atoms with Gasteiger partial charge in [-0.05, 0) is 124 Å². The molecule has 0 radical (unpaired) electrons. The molecule has 13 aromatic rings. The van der Waals surface area contributed by atoms with Crippen LogP contribution in [0.25, 0.3) is 134 Å². The van der Waals surface area contributed by atoms with E-state index in [0.717, 1.165) is 128 Å². The molecule has 0 aliphatic carbocycles. The van der Waals surface area contributed by atoms with E-state index in [0.29, 0.717) is 0 Å². The van der Waals surface area contributed by atoms with Gasteiger partial charge in [0.05, 0.1) is 0 Å². The number of benzene rings is 10. The summed E-state index contributed by atoms with van der Waals surface area (Å²) in [4.78, 5) is 15.2. The van der Waals surface area contributed by atoms with Crippen molar-refractivity contribution in [2.75, 3.05) is 0 Å². The van der Waals surface area contributed by atoms with Gasteiger partial charge in [-0.1, -0.05) is 188 Å². The number of rotatable bonds is 12. The number of pyridine rings is 3. The molecule has 3 aromatic heterocycles. The van der Waals surface area contributed by atoms with Crippen molar-refractivity contribution < 1.29 is 20.1 Å². The Morgan fingerprint density at radius 2 is 0.595 bits per heavy atom. The fraction of sp³-hybridized carbons (Fsp3) is 0. The summed E-state index contributed by atoms with van der Waals surface area (Å²) < 4.78 is 0. The average Bonchev–Trinajstić information content (AvgIpc) is 3.62. The summed E-state index contributed by atoms with van der Waals surface area (Å²) in [7, 11) is 0. The summed E-state index contributed by atoms with van der Waals surface area (Å²) in [6, 6.07) is 106. The van der Waals surface area contributed by atoms with Gasteiger partial charge in [0.25, 0.3) is 0 Å². The minimum absolute atomic E-state index is 0. The Bertz CT molecular complexity index is 4060. The van der Waals surface area contributed by atoms with Gasteiger partial charge in [-0.25, -0.2) is 0 Å². The van der Waals surface area contributed by atoms with Crippen LogP contribution in [0.2, 0.25) is 0 Å². The topological polar surface area (TPSA) is 38.7 Å². The number of hydrogen-bond donors (Lipinski definition) is 0. The first kappa shape index (κ1) is 50.1. The minimum atomic E-state index is 0. The molecule has 4 heteroatoms. The van der Waals surface area contributed by atoms with Gasteiger partial charge < -0.3 is 15.0 Å². The summed E-state index contributed by atoms with van der Waals surface area (Å²) in [6.45, 7) is 0. The molecule has 3 nitrogen and oxygen atoms in total. The van der Waals surface area contributed by atoms with Crippen molar-refractivity contribution in [3.63, 3.8) is 0 Å². The SMILES string of the molecule is [Ir+3].[c-]1ccccc1-c1ccc(-c2ccccc2-c2cc(-c3ccccc3-c3ccc(-c4[c-]cccc4)nc3)cc(-c3ccccc3-c3cnc(-c4[c-]ccc(-c5ccccc5)c4)cc3-c3ccc(-c4ccccc4)cc3)c2)cn1. The smallest absolute Gasteiger partial charge is 0.304 e. The van der Waals surface area contributed by atoms with Crippen LogP contribution in [0, 0.1) is 18.2 Å². The van der Waals surface area contributed by atoms with Crippen LogP contribution in [-0.2, 0) is 20.1 Å². The van der Waals surface area contributed by atoms with Gasteiger partial charge in [-0.3, -0.25) is 0 Å². The summed E-state index contributed by atoms with van der Waals surface area (Å²) in [5.41, 5.74) is 25.1. The molecule has 0 fully saturated rings. The van der Waals surface area contributed by atoms with Crippen LogP contribution in [0.15, 0.2) is 292 Å². The number of hydrogen-bond acceptors (Lipinski definition) is 3. The van der Waals surface area contributed by atoms with Crippen molar-refractivity contribution in [3.05, 3.63) is 310 Å². The Morgan fingerprint density at radius 1 is 0.203 bits per heavy atom. The molecule has 0 N–H and O–H groups in total. The molecule has 0 aliphatic heterocycles. The van der Waals surface area contributed by atoms with Crippen LogP contribution in [0.3, 0.4) is 0 Å². The van der Waals surface area contributed by atoms with Gasteiger partial charge in [0.15, 0.2) is 0 Å². The zero-order valence-corrected chi connectivity index (χ0v) is 45.3. The minimum Gasteiger partial charge on any atom is -0.304 e. The van der Waals surface area contributed by atoms with E-state index in [1.165, 1.54) is 5.56 Å². The molecule has 10 aromatic carbocycles. The summed E-state index contributed by atoms with van der Waals surface area (Å²) >= 11 is 0. The third-order valence-electron chi connectivity index (χ3n) is 14.4. The second-order valence-corrected chi connectivity index (χ2v) is 19.3. The Labute approximate surface area is 475 Å². The molecule has 3 heterocycles. The first-order valence-electron chi connectivity index (χ1n) is 26.2. The molecular formula is C75H48IrN3. The molecule has 372 valence electrons. The molecule has 0 amide bonds. The Morgan fingerprint density at radius 3 is 1.08 bits per heavy atom. The first-order chi connectivity index (χ1) is 38.7. The molecule has 0 atom stereocenters. The zero-order chi connectivity index (χ0) is 52.0. The van der Waals surface area contributed by atoms with Crippen molar-refractivity contribution in [1.29, 1.82) is 0 Å². The Balaban J connectivity index is 0.00000623. The van der Waals surface area contributed by atoms with E-state index in [-0.39, 0.29) is 20.1 Å². The van der Waals surface area contributed by atoms with E-state index in [4.69, 9.17) is 15.0 Å². The predicted octanol–water partition coefficient (Wildman–Crippen LogP) is 19.3. The maximum atomic E-state index is 5.27. The molecule has 13 rings (SSSR count).